The van der Waals surface area contributed by atoms with E-state index in [1.54, 1.807) is 26.2 Å². The molecule has 1 N–H and O–H groups in total. The van der Waals surface area contributed by atoms with E-state index in [1.165, 1.54) is 18.3 Å². The van der Waals surface area contributed by atoms with Gasteiger partial charge in [-0.3, -0.25) is 9.59 Å². The summed E-state index contributed by atoms with van der Waals surface area (Å²) in [5.41, 5.74) is 0. The third-order valence-corrected chi connectivity index (χ3v) is 2.96. The van der Waals surface area contributed by atoms with Crippen molar-refractivity contribution in [1.29, 1.82) is 0 Å². The smallest absolute Gasteiger partial charge is 0.310 e. The van der Waals surface area contributed by atoms with Crippen molar-refractivity contribution in [3.05, 3.63) is 0 Å². The Kier molecular flexibility index (Phi) is 4.11. The fourth-order valence-corrected chi connectivity index (χ4v) is 1.95. The average molecular weight is 198 g/mol. The Balaban J connectivity index is 0.000000143. The molecule has 2 aliphatic carbocycles. The van der Waals surface area contributed by atoms with Crippen LogP contribution in [-0.2, 0) is 9.59 Å². The molecule has 0 bridgehead atoms. The molecule has 2 unspecified atom stereocenters. The van der Waals surface area contributed by atoms with Crippen molar-refractivity contribution in [3.8, 4) is 0 Å². The van der Waals surface area contributed by atoms with Gasteiger partial charge in [-0.2, -0.15) is 0 Å². The first-order valence-electron chi connectivity index (χ1n) is 5.37. The molecule has 2 aliphatic rings. The number of carboxylic acids is 1. The number of rotatable bonds is 3. The van der Waals surface area contributed by atoms with Gasteiger partial charge in [-0.15, -0.1) is 0 Å². The molecule has 0 amide bonds. The highest BCUT2D eigenvalue weighted by Gasteiger charge is 2.40. The Morgan fingerprint density at radius 3 is 2.00 bits per heavy atom. The molecular weight excluding hydrogens is 180 g/mol. The number of carboxylic acid groups (broad SMARTS) is 1. The first-order chi connectivity index (χ1) is 6.63. The van der Waals surface area contributed by atoms with Crippen LogP contribution < -0.4 is 0 Å². The van der Waals surface area contributed by atoms with E-state index < -0.39 is 5.97 Å². The van der Waals surface area contributed by atoms with Gasteiger partial charge in [0.1, 0.15) is 12.2 Å². The summed E-state index contributed by atoms with van der Waals surface area (Å²) in [6.45, 7) is 1.64. The summed E-state index contributed by atoms with van der Waals surface area (Å²) in [5.74, 6) is 1.16. The van der Waals surface area contributed by atoms with Crippen molar-refractivity contribution in [2.24, 2.45) is 11.8 Å². The lowest BCUT2D eigenvalue weighted by atomic mass is 10.2. The summed E-state index contributed by atoms with van der Waals surface area (Å²) in [7, 11) is 0. The molecule has 3 nitrogen and oxygen atoms in total. The summed E-state index contributed by atoms with van der Waals surface area (Å²) in [4.78, 5) is 20.0. The van der Waals surface area contributed by atoms with Gasteiger partial charge < -0.3 is 5.11 Å². The molecule has 0 aliphatic heterocycles. The maximum Gasteiger partial charge on any atom is 0.310 e. The molecule has 3 heteroatoms. The number of hydrogen-bond acceptors (Lipinski definition) is 2. The van der Waals surface area contributed by atoms with Gasteiger partial charge in [0.15, 0.2) is 0 Å². The maximum atomic E-state index is 10.2. The highest BCUT2D eigenvalue weighted by molar-refractivity contribution is 5.94. The van der Waals surface area contributed by atoms with Crippen LogP contribution in [0.25, 0.3) is 0 Å². The van der Waals surface area contributed by atoms with Gasteiger partial charge in [-0.25, -0.2) is 0 Å². The molecule has 2 fully saturated rings. The minimum absolute atomic E-state index is 0.225. The van der Waals surface area contributed by atoms with Crippen molar-refractivity contribution in [1.82, 2.24) is 0 Å². The van der Waals surface area contributed by atoms with Crippen LogP contribution in [0.15, 0.2) is 0 Å². The molecule has 14 heavy (non-hydrogen) atoms. The van der Waals surface area contributed by atoms with Crippen LogP contribution in [0.1, 0.15) is 45.4 Å². The Morgan fingerprint density at radius 2 is 1.86 bits per heavy atom. The maximum absolute atomic E-state index is 10.2. The van der Waals surface area contributed by atoms with Crippen LogP contribution in [-0.4, -0.2) is 16.9 Å². The van der Waals surface area contributed by atoms with E-state index in [0.717, 1.165) is 0 Å². The minimum Gasteiger partial charge on any atom is -0.481 e. The average Bonchev–Trinajstić information content (AvgIpc) is 2.74. The molecule has 2 rings (SSSR count). The summed E-state index contributed by atoms with van der Waals surface area (Å²) >= 11 is 0. The predicted molar refractivity (Wildman–Crippen MR) is 53.0 cm³/mol. The number of ketones is 1. The monoisotopic (exact) mass is 198 g/mol. The van der Waals surface area contributed by atoms with Gasteiger partial charge >= 0.3 is 5.97 Å². The second kappa shape index (κ2) is 5.13. The second-order valence-corrected chi connectivity index (χ2v) is 4.15. The van der Waals surface area contributed by atoms with Gasteiger partial charge in [0, 0.05) is 6.42 Å². The van der Waals surface area contributed by atoms with Crippen molar-refractivity contribution >= 4 is 11.8 Å². The highest BCUT2D eigenvalue weighted by atomic mass is 16.4. The molecule has 0 aromatic rings. The number of hydrogen-bond donors (Lipinski definition) is 1. The van der Waals surface area contributed by atoms with Crippen molar-refractivity contribution < 1.29 is 14.7 Å². The molecule has 0 aromatic carbocycles. The van der Waals surface area contributed by atoms with E-state index in [0.29, 0.717) is 6.42 Å². The van der Waals surface area contributed by atoms with Gasteiger partial charge in [0.25, 0.3) is 0 Å². The predicted octanol–water partition coefficient (Wildman–Crippen LogP) is 2.25. The van der Waals surface area contributed by atoms with E-state index in [2.05, 4.69) is 0 Å². The molecule has 80 valence electrons. The van der Waals surface area contributed by atoms with Crippen molar-refractivity contribution in [3.63, 3.8) is 0 Å². The molecule has 0 heterocycles. The van der Waals surface area contributed by atoms with Gasteiger partial charge in [-0.05, 0) is 18.3 Å². The topological polar surface area (TPSA) is 54.4 Å². The SMILES string of the molecule is C1CC2CC2C1.CCC(=O)CC(=O)O. The molecule has 2 saturated carbocycles. The number of aliphatic carboxylic acids is 1. The summed E-state index contributed by atoms with van der Waals surface area (Å²) in [5, 5.41) is 7.99. The Morgan fingerprint density at radius 1 is 1.29 bits per heavy atom. The quantitative estimate of drug-likeness (QED) is 0.707. The van der Waals surface area contributed by atoms with E-state index in [9.17, 15) is 9.59 Å². The molecule has 0 aromatic heterocycles. The van der Waals surface area contributed by atoms with E-state index in [1.807, 2.05) is 0 Å². The standard InChI is InChI=1S/C6H10.C5H8O3/c1-2-5-4-6(5)3-1;1-2-4(6)3-5(7)8/h5-6H,1-4H2;2-3H2,1H3,(H,7,8). The first kappa shape index (κ1) is 11.2. The Bertz CT molecular complexity index is 215. The molecule has 0 spiro atoms. The lowest BCUT2D eigenvalue weighted by molar-refractivity contribution is -0.140. The third-order valence-electron chi connectivity index (χ3n) is 2.96. The van der Waals surface area contributed by atoms with Gasteiger partial charge in [-0.1, -0.05) is 26.2 Å². The van der Waals surface area contributed by atoms with Crippen LogP contribution >= 0.6 is 0 Å². The Hall–Kier alpha value is -0.860. The van der Waals surface area contributed by atoms with E-state index >= 15 is 0 Å². The molecular formula is C11H18O3. The molecule has 0 radical (unpaired) electrons. The van der Waals surface area contributed by atoms with Gasteiger partial charge in [0.2, 0.25) is 0 Å². The van der Waals surface area contributed by atoms with Gasteiger partial charge in [0.05, 0.1) is 0 Å². The largest absolute Gasteiger partial charge is 0.481 e. The molecule has 0 saturated heterocycles. The van der Waals surface area contributed by atoms with Crippen LogP contribution in [0.4, 0.5) is 0 Å². The zero-order valence-electron chi connectivity index (χ0n) is 8.66. The fourth-order valence-electron chi connectivity index (χ4n) is 1.95. The molecule has 2 atom stereocenters. The zero-order chi connectivity index (χ0) is 10.6. The highest BCUT2D eigenvalue weighted by Crippen LogP contribution is 2.51. The van der Waals surface area contributed by atoms with Crippen molar-refractivity contribution in [2.45, 2.75) is 45.4 Å². The third kappa shape index (κ3) is 3.90. The fraction of sp³-hybridized carbons (Fsp3) is 0.818. The zero-order valence-corrected chi connectivity index (χ0v) is 8.66. The lowest BCUT2D eigenvalue weighted by Crippen LogP contribution is -2.04. The van der Waals surface area contributed by atoms with Crippen molar-refractivity contribution in [2.75, 3.05) is 0 Å². The summed E-state index contributed by atoms with van der Waals surface area (Å²) in [6.07, 6.45) is 6.22. The first-order valence-corrected chi connectivity index (χ1v) is 5.37. The number of Topliss-reactive ketones (excluding diaryl/α,β-unsaturated/α-hetero) is 1. The van der Waals surface area contributed by atoms with Crippen LogP contribution in [0.5, 0.6) is 0 Å². The van der Waals surface area contributed by atoms with Crippen LogP contribution in [0.3, 0.4) is 0 Å². The van der Waals surface area contributed by atoms with E-state index in [-0.39, 0.29) is 12.2 Å². The number of carbonyl (C=O) groups excluding carboxylic acids is 1. The van der Waals surface area contributed by atoms with Crippen LogP contribution in [0, 0.1) is 11.8 Å². The number of fused-ring (bicyclic) bond motifs is 1. The second-order valence-electron chi connectivity index (χ2n) is 4.15. The Labute approximate surface area is 84.5 Å². The normalized spacial score (nSPS) is 27.2. The summed E-state index contributed by atoms with van der Waals surface area (Å²) in [6, 6.07) is 0. The number of carbonyl (C=O) groups is 2. The van der Waals surface area contributed by atoms with E-state index in [4.69, 9.17) is 5.11 Å². The lowest BCUT2D eigenvalue weighted by Gasteiger charge is -1.86. The van der Waals surface area contributed by atoms with Crippen LogP contribution in [0.2, 0.25) is 0 Å². The minimum atomic E-state index is -1.04. The summed E-state index contributed by atoms with van der Waals surface area (Å²) < 4.78 is 0.